The highest BCUT2D eigenvalue weighted by molar-refractivity contribution is 5.81. The van der Waals surface area contributed by atoms with Crippen LogP contribution >= 0.6 is 0 Å². The molecule has 0 saturated carbocycles. The Hall–Kier alpha value is -1.53. The van der Waals surface area contributed by atoms with Gasteiger partial charge in [-0.05, 0) is 12.0 Å². The molecule has 0 spiro atoms. The average Bonchev–Trinajstić information content (AvgIpc) is 2.37. The molecular formula is C12H16F2N2O2. The number of nitrogens with two attached hydrogens (primary N) is 1. The Morgan fingerprint density at radius 3 is 2.56 bits per heavy atom. The van der Waals surface area contributed by atoms with E-state index in [2.05, 4.69) is 0 Å². The lowest BCUT2D eigenvalue weighted by Crippen LogP contribution is -2.47. The summed E-state index contributed by atoms with van der Waals surface area (Å²) in [6, 6.07) is 8.16. The molecule has 1 atom stereocenters. The summed E-state index contributed by atoms with van der Waals surface area (Å²) in [5.74, 6) is -3.98. The van der Waals surface area contributed by atoms with Crippen LogP contribution in [0.5, 0.6) is 0 Å². The zero-order valence-corrected chi connectivity index (χ0v) is 9.77. The van der Waals surface area contributed by atoms with Gasteiger partial charge in [-0.25, -0.2) is 8.78 Å². The van der Waals surface area contributed by atoms with E-state index in [1.807, 2.05) is 11.4 Å². The topological polar surface area (TPSA) is 75.4 Å². The Kier molecular flexibility index (Phi) is 5.18. The molecule has 1 rings (SSSR count). The van der Waals surface area contributed by atoms with Crippen LogP contribution in [-0.2, 0) is 11.2 Å². The van der Waals surface area contributed by atoms with Crippen molar-refractivity contribution in [3.8, 4) is 0 Å². The predicted molar refractivity (Wildman–Crippen MR) is 63.2 cm³/mol. The number of nitrogens with one attached hydrogen (secondary N) is 1. The second-order valence-electron chi connectivity index (χ2n) is 4.03. The van der Waals surface area contributed by atoms with Gasteiger partial charge in [-0.2, -0.15) is 0 Å². The smallest absolute Gasteiger partial charge is 0.287 e. The highest BCUT2D eigenvalue weighted by atomic mass is 19.3. The summed E-state index contributed by atoms with van der Waals surface area (Å²) < 4.78 is 25.4. The van der Waals surface area contributed by atoms with Gasteiger partial charge in [-0.15, -0.1) is 0 Å². The molecule has 6 heteroatoms. The highest BCUT2D eigenvalue weighted by Crippen LogP contribution is 2.10. The first-order valence-electron chi connectivity index (χ1n) is 5.50. The minimum absolute atomic E-state index is 0.275. The SMILES string of the molecule is NC(Cc1ccccc1)C(=O)NCC(F)(F)CO. The number of carbonyl (C=O) groups excluding carboxylic acids is 1. The number of rotatable bonds is 6. The van der Waals surface area contributed by atoms with Gasteiger partial charge in [-0.1, -0.05) is 30.3 Å². The molecule has 0 saturated heterocycles. The van der Waals surface area contributed by atoms with Crippen molar-refractivity contribution in [2.75, 3.05) is 13.2 Å². The molecule has 0 aromatic heterocycles. The molecule has 1 amide bonds. The van der Waals surface area contributed by atoms with E-state index in [-0.39, 0.29) is 6.42 Å². The van der Waals surface area contributed by atoms with E-state index in [9.17, 15) is 13.6 Å². The summed E-state index contributed by atoms with van der Waals surface area (Å²) in [6.07, 6.45) is 0.275. The number of aliphatic hydroxyl groups excluding tert-OH is 1. The van der Waals surface area contributed by atoms with Gasteiger partial charge in [0.2, 0.25) is 5.91 Å². The standard InChI is InChI=1S/C12H16F2N2O2/c13-12(14,8-17)7-16-11(18)10(15)6-9-4-2-1-3-5-9/h1-5,10,17H,6-8,15H2,(H,16,18). The number of carbonyl (C=O) groups is 1. The fourth-order valence-electron chi connectivity index (χ4n) is 1.36. The lowest BCUT2D eigenvalue weighted by atomic mass is 10.1. The van der Waals surface area contributed by atoms with Gasteiger partial charge in [0.15, 0.2) is 0 Å². The van der Waals surface area contributed by atoms with Crippen molar-refractivity contribution in [1.82, 2.24) is 5.32 Å². The van der Waals surface area contributed by atoms with Crippen LogP contribution in [0.4, 0.5) is 8.78 Å². The Balaban J connectivity index is 2.43. The van der Waals surface area contributed by atoms with E-state index in [1.54, 1.807) is 24.3 Å². The van der Waals surface area contributed by atoms with Gasteiger partial charge in [0.25, 0.3) is 5.92 Å². The second kappa shape index (κ2) is 6.42. The van der Waals surface area contributed by atoms with Crippen LogP contribution in [-0.4, -0.2) is 36.1 Å². The molecule has 0 aliphatic carbocycles. The monoisotopic (exact) mass is 258 g/mol. The van der Waals surface area contributed by atoms with Crippen molar-refractivity contribution >= 4 is 5.91 Å². The molecule has 100 valence electrons. The molecule has 0 heterocycles. The lowest BCUT2D eigenvalue weighted by Gasteiger charge is -2.16. The van der Waals surface area contributed by atoms with E-state index in [1.165, 1.54) is 0 Å². The molecule has 4 N–H and O–H groups in total. The predicted octanol–water partition coefficient (Wildman–Crippen LogP) is 0.300. The summed E-state index contributed by atoms with van der Waals surface area (Å²) in [6.45, 7) is -2.22. The van der Waals surface area contributed by atoms with Gasteiger partial charge in [0.05, 0.1) is 12.6 Å². The quantitative estimate of drug-likeness (QED) is 0.687. The van der Waals surface area contributed by atoms with Crippen molar-refractivity contribution in [1.29, 1.82) is 0 Å². The van der Waals surface area contributed by atoms with Crippen molar-refractivity contribution in [3.63, 3.8) is 0 Å². The van der Waals surface area contributed by atoms with E-state index in [0.29, 0.717) is 0 Å². The fraction of sp³-hybridized carbons (Fsp3) is 0.417. The number of halogens is 2. The summed E-state index contributed by atoms with van der Waals surface area (Å²) in [5.41, 5.74) is 6.46. The molecule has 18 heavy (non-hydrogen) atoms. The maximum atomic E-state index is 12.7. The van der Waals surface area contributed by atoms with Crippen LogP contribution in [0.15, 0.2) is 30.3 Å². The van der Waals surface area contributed by atoms with Crippen LogP contribution in [0.1, 0.15) is 5.56 Å². The minimum Gasteiger partial charge on any atom is -0.390 e. The van der Waals surface area contributed by atoms with Crippen LogP contribution in [0.3, 0.4) is 0 Å². The first-order valence-corrected chi connectivity index (χ1v) is 5.50. The molecule has 1 unspecified atom stereocenters. The van der Waals surface area contributed by atoms with Gasteiger partial charge in [-0.3, -0.25) is 4.79 Å². The zero-order chi connectivity index (χ0) is 13.6. The Bertz CT molecular complexity index is 385. The summed E-state index contributed by atoms with van der Waals surface area (Å²) >= 11 is 0. The molecule has 1 aromatic carbocycles. The molecule has 0 aliphatic rings. The molecule has 0 radical (unpaired) electrons. The van der Waals surface area contributed by atoms with Crippen LogP contribution in [0.2, 0.25) is 0 Å². The summed E-state index contributed by atoms with van der Waals surface area (Å²) in [7, 11) is 0. The zero-order valence-electron chi connectivity index (χ0n) is 9.77. The van der Waals surface area contributed by atoms with Crippen LogP contribution in [0, 0.1) is 0 Å². The van der Waals surface area contributed by atoms with Crippen molar-refractivity contribution in [2.45, 2.75) is 18.4 Å². The van der Waals surface area contributed by atoms with Crippen LogP contribution in [0.25, 0.3) is 0 Å². The Labute approximate surface area is 104 Å². The van der Waals surface area contributed by atoms with Gasteiger partial charge in [0, 0.05) is 0 Å². The van der Waals surface area contributed by atoms with Gasteiger partial charge >= 0.3 is 0 Å². The van der Waals surface area contributed by atoms with E-state index >= 15 is 0 Å². The van der Waals surface area contributed by atoms with Crippen molar-refractivity contribution < 1.29 is 18.7 Å². The van der Waals surface area contributed by atoms with E-state index in [0.717, 1.165) is 5.56 Å². The van der Waals surface area contributed by atoms with Gasteiger partial charge < -0.3 is 16.2 Å². The fourth-order valence-corrected chi connectivity index (χ4v) is 1.36. The maximum Gasteiger partial charge on any atom is 0.287 e. The number of benzene rings is 1. The van der Waals surface area contributed by atoms with Gasteiger partial charge in [0.1, 0.15) is 6.61 Å². The Morgan fingerprint density at radius 2 is 2.00 bits per heavy atom. The molecule has 1 aromatic rings. The lowest BCUT2D eigenvalue weighted by molar-refractivity contribution is -0.125. The Morgan fingerprint density at radius 1 is 1.39 bits per heavy atom. The van der Waals surface area contributed by atoms with E-state index < -0.39 is 31.0 Å². The molecule has 0 bridgehead atoms. The number of aliphatic hydroxyl groups is 1. The third-order valence-electron chi connectivity index (χ3n) is 2.39. The molecule has 4 nitrogen and oxygen atoms in total. The maximum absolute atomic E-state index is 12.7. The third kappa shape index (κ3) is 4.77. The summed E-state index contributed by atoms with van der Waals surface area (Å²) in [4.78, 5) is 11.5. The first-order chi connectivity index (χ1) is 8.44. The minimum atomic E-state index is -3.32. The van der Waals surface area contributed by atoms with E-state index in [4.69, 9.17) is 10.8 Å². The first kappa shape index (κ1) is 14.5. The molecule has 0 aliphatic heterocycles. The van der Waals surface area contributed by atoms with Crippen LogP contribution < -0.4 is 11.1 Å². The number of amides is 1. The highest BCUT2D eigenvalue weighted by Gasteiger charge is 2.29. The third-order valence-corrected chi connectivity index (χ3v) is 2.39. The molecule has 0 fully saturated rings. The largest absolute Gasteiger partial charge is 0.390 e. The average molecular weight is 258 g/mol. The normalized spacial score (nSPS) is 13.1. The van der Waals surface area contributed by atoms with Crippen molar-refractivity contribution in [2.24, 2.45) is 5.73 Å². The molecular weight excluding hydrogens is 242 g/mol. The number of hydrogen-bond acceptors (Lipinski definition) is 3. The second-order valence-corrected chi connectivity index (χ2v) is 4.03. The summed E-state index contributed by atoms with van der Waals surface area (Å²) in [5, 5.41) is 10.4. The number of hydrogen-bond donors (Lipinski definition) is 3. The van der Waals surface area contributed by atoms with Crippen molar-refractivity contribution in [3.05, 3.63) is 35.9 Å². The number of alkyl halides is 2.